The molecule has 1 N–H and O–H groups in total. The Morgan fingerprint density at radius 1 is 1.42 bits per heavy atom. The molecule has 1 aliphatic heterocycles. The van der Waals surface area contributed by atoms with E-state index in [1.165, 1.54) is 4.88 Å². The van der Waals surface area contributed by atoms with Crippen molar-refractivity contribution in [2.24, 2.45) is 5.41 Å². The van der Waals surface area contributed by atoms with Crippen LogP contribution in [-0.4, -0.2) is 55.6 Å². The molecule has 1 saturated heterocycles. The molecule has 0 aromatic carbocycles. The fourth-order valence-corrected chi connectivity index (χ4v) is 4.78. The maximum Gasteiger partial charge on any atom is 0.226 e. The van der Waals surface area contributed by atoms with Crippen LogP contribution < -0.4 is 5.32 Å². The van der Waals surface area contributed by atoms with Gasteiger partial charge in [-0.3, -0.25) is 9.69 Å². The molecule has 0 unspecified atom stereocenters. The first-order chi connectivity index (χ1) is 11.7. The molecule has 3 heterocycles. The van der Waals surface area contributed by atoms with Crippen molar-refractivity contribution in [3.05, 3.63) is 17.4 Å². The molecule has 2 aromatic heterocycles. The van der Waals surface area contributed by atoms with Gasteiger partial charge in [-0.05, 0) is 49.6 Å². The molecule has 2 fully saturated rings. The smallest absolute Gasteiger partial charge is 0.226 e. The van der Waals surface area contributed by atoms with E-state index >= 15 is 0 Å². The largest absolute Gasteiger partial charge is 0.356 e. The summed E-state index contributed by atoms with van der Waals surface area (Å²) < 4.78 is 1.58. The molecule has 1 amide bonds. The summed E-state index contributed by atoms with van der Waals surface area (Å²) >= 11 is 1.61. The van der Waals surface area contributed by atoms with Crippen molar-refractivity contribution >= 4 is 17.2 Å². The predicted octanol–water partition coefficient (Wildman–Crippen LogP) is 0.999. The van der Waals surface area contributed by atoms with E-state index in [4.69, 9.17) is 0 Å². The first-order valence-electron chi connectivity index (χ1n) is 8.33. The topological polar surface area (TPSA) is 88.8 Å². The number of thiazole rings is 1. The third-order valence-electron chi connectivity index (χ3n) is 5.40. The van der Waals surface area contributed by atoms with E-state index < -0.39 is 0 Å². The van der Waals surface area contributed by atoms with Gasteiger partial charge in [-0.2, -0.15) is 4.68 Å². The minimum Gasteiger partial charge on any atom is -0.356 e. The van der Waals surface area contributed by atoms with Gasteiger partial charge >= 0.3 is 0 Å². The minimum absolute atomic E-state index is 0.0743. The molecule has 0 radical (unpaired) electrons. The Labute approximate surface area is 144 Å². The summed E-state index contributed by atoms with van der Waals surface area (Å²) in [5.74, 6) is 0.275. The van der Waals surface area contributed by atoms with Gasteiger partial charge in [0.15, 0.2) is 0 Å². The Hall–Kier alpha value is -1.87. The van der Waals surface area contributed by atoms with Crippen LogP contribution in [0.1, 0.15) is 37.0 Å². The average Bonchev–Trinajstić information content (AvgIpc) is 3.31. The maximum absolute atomic E-state index is 12.1. The van der Waals surface area contributed by atoms with Crippen LogP contribution in [0.2, 0.25) is 0 Å². The van der Waals surface area contributed by atoms with Crippen molar-refractivity contribution in [2.45, 2.75) is 44.7 Å². The second-order valence-electron chi connectivity index (χ2n) is 6.80. The zero-order chi connectivity index (χ0) is 16.6. The van der Waals surface area contributed by atoms with E-state index in [2.05, 4.69) is 37.8 Å². The Balaban J connectivity index is 1.35. The fourth-order valence-electron chi connectivity index (χ4n) is 3.89. The zero-order valence-electron chi connectivity index (χ0n) is 13.7. The van der Waals surface area contributed by atoms with Gasteiger partial charge in [0, 0.05) is 30.2 Å². The molecule has 2 aromatic rings. The van der Waals surface area contributed by atoms with Crippen LogP contribution >= 0.6 is 11.3 Å². The van der Waals surface area contributed by atoms with Crippen LogP contribution in [0.3, 0.4) is 0 Å². The number of carbonyl (C=O) groups is 1. The highest BCUT2D eigenvalue weighted by molar-refractivity contribution is 7.14. The van der Waals surface area contributed by atoms with Gasteiger partial charge in [0.05, 0.1) is 5.41 Å². The predicted molar refractivity (Wildman–Crippen MR) is 88.6 cm³/mol. The number of hydrogen-bond acceptors (Lipinski definition) is 7. The highest BCUT2D eigenvalue weighted by Gasteiger charge is 2.45. The number of nitrogens with zero attached hydrogens (tertiary/aromatic N) is 6. The van der Waals surface area contributed by atoms with Crippen LogP contribution in [0.25, 0.3) is 5.13 Å². The number of amides is 1. The highest BCUT2D eigenvalue weighted by Crippen LogP contribution is 2.43. The second-order valence-corrected chi connectivity index (χ2v) is 7.89. The Bertz CT molecular complexity index is 705. The van der Waals surface area contributed by atoms with Gasteiger partial charge in [-0.25, -0.2) is 4.98 Å². The molecule has 128 valence electrons. The summed E-state index contributed by atoms with van der Waals surface area (Å²) in [6.45, 7) is 1.71. The van der Waals surface area contributed by atoms with Gasteiger partial charge in [-0.1, -0.05) is 11.3 Å². The summed E-state index contributed by atoms with van der Waals surface area (Å²) in [5.41, 5.74) is -0.0743. The molecule has 4 rings (SSSR count). The molecule has 0 atom stereocenters. The number of tetrazole rings is 1. The summed E-state index contributed by atoms with van der Waals surface area (Å²) in [4.78, 5) is 20.0. The van der Waals surface area contributed by atoms with Crippen molar-refractivity contribution in [3.63, 3.8) is 0 Å². The summed E-state index contributed by atoms with van der Waals surface area (Å²) in [6.07, 6.45) is 8.64. The highest BCUT2D eigenvalue weighted by atomic mass is 32.1. The fraction of sp³-hybridized carbons (Fsp3) is 0.667. The standard InChI is InChI=1S/C15H21N7OS/c1-21(9-12-8-17-14(24-12)22-10-18-19-20-22)11-2-4-15(5-3-11)6-7-16-13(15)23/h8,10-11H,2-7,9H2,1H3,(H,16,23). The van der Waals surface area contributed by atoms with Crippen molar-refractivity contribution in [1.82, 2.24) is 35.4 Å². The molecule has 1 spiro atoms. The summed E-state index contributed by atoms with van der Waals surface area (Å²) in [5, 5.41) is 14.9. The Morgan fingerprint density at radius 2 is 2.25 bits per heavy atom. The van der Waals surface area contributed by atoms with Crippen LogP contribution in [0.4, 0.5) is 0 Å². The number of nitrogens with one attached hydrogen (secondary N) is 1. The third kappa shape index (κ3) is 2.82. The number of carbonyl (C=O) groups excluding carboxylic acids is 1. The SMILES string of the molecule is CN(Cc1cnc(-n2cnnn2)s1)C1CCC2(CCNC2=O)CC1. The van der Waals surface area contributed by atoms with Crippen LogP contribution in [0.5, 0.6) is 0 Å². The van der Waals surface area contributed by atoms with Crippen molar-refractivity contribution in [2.75, 3.05) is 13.6 Å². The molecule has 0 bridgehead atoms. The van der Waals surface area contributed by atoms with Crippen molar-refractivity contribution in [3.8, 4) is 5.13 Å². The van der Waals surface area contributed by atoms with E-state index in [-0.39, 0.29) is 11.3 Å². The van der Waals surface area contributed by atoms with Gasteiger partial charge in [0.25, 0.3) is 0 Å². The van der Waals surface area contributed by atoms with Crippen LogP contribution in [-0.2, 0) is 11.3 Å². The number of aromatic nitrogens is 5. The van der Waals surface area contributed by atoms with Gasteiger partial charge < -0.3 is 5.32 Å². The van der Waals surface area contributed by atoms with E-state index in [0.29, 0.717) is 6.04 Å². The summed E-state index contributed by atoms with van der Waals surface area (Å²) in [7, 11) is 2.16. The molecule has 1 aliphatic carbocycles. The quantitative estimate of drug-likeness (QED) is 0.888. The zero-order valence-corrected chi connectivity index (χ0v) is 14.5. The minimum atomic E-state index is -0.0743. The maximum atomic E-state index is 12.1. The Kier molecular flexibility index (Phi) is 4.05. The average molecular weight is 347 g/mol. The lowest BCUT2D eigenvalue weighted by Gasteiger charge is -2.38. The molecule has 9 heteroatoms. The molecule has 24 heavy (non-hydrogen) atoms. The molecule has 1 saturated carbocycles. The van der Waals surface area contributed by atoms with Crippen molar-refractivity contribution < 1.29 is 4.79 Å². The lowest BCUT2D eigenvalue weighted by Crippen LogP contribution is -2.41. The molecule has 8 nitrogen and oxygen atoms in total. The first kappa shape index (κ1) is 15.6. The second kappa shape index (κ2) is 6.21. The first-order valence-corrected chi connectivity index (χ1v) is 9.15. The van der Waals surface area contributed by atoms with Gasteiger partial charge in [0.2, 0.25) is 11.0 Å². The third-order valence-corrected chi connectivity index (χ3v) is 6.37. The summed E-state index contributed by atoms with van der Waals surface area (Å²) in [6, 6.07) is 0.530. The van der Waals surface area contributed by atoms with E-state index in [1.807, 2.05) is 6.20 Å². The lowest BCUT2D eigenvalue weighted by molar-refractivity contribution is -0.129. The lowest BCUT2D eigenvalue weighted by atomic mass is 9.71. The molecular weight excluding hydrogens is 326 g/mol. The van der Waals surface area contributed by atoms with Crippen molar-refractivity contribution in [1.29, 1.82) is 0 Å². The Morgan fingerprint density at radius 3 is 2.92 bits per heavy atom. The van der Waals surface area contributed by atoms with Gasteiger partial charge in [-0.15, -0.1) is 5.10 Å². The van der Waals surface area contributed by atoms with E-state index in [1.54, 1.807) is 22.3 Å². The number of hydrogen-bond donors (Lipinski definition) is 1. The molecular formula is C15H21N7OS. The number of rotatable bonds is 4. The van der Waals surface area contributed by atoms with E-state index in [0.717, 1.165) is 50.3 Å². The van der Waals surface area contributed by atoms with Crippen LogP contribution in [0, 0.1) is 5.41 Å². The van der Waals surface area contributed by atoms with E-state index in [9.17, 15) is 4.79 Å². The van der Waals surface area contributed by atoms with Gasteiger partial charge in [0.1, 0.15) is 6.33 Å². The van der Waals surface area contributed by atoms with Crippen LogP contribution in [0.15, 0.2) is 12.5 Å². The monoisotopic (exact) mass is 347 g/mol. The normalized spacial score (nSPS) is 27.1. The molecule has 2 aliphatic rings.